The van der Waals surface area contributed by atoms with Gasteiger partial charge in [-0.05, 0) is 48.2 Å². The summed E-state index contributed by atoms with van der Waals surface area (Å²) < 4.78 is 22.0. The molecule has 31 heavy (non-hydrogen) atoms. The Morgan fingerprint density at radius 3 is 2.52 bits per heavy atom. The van der Waals surface area contributed by atoms with E-state index >= 15 is 0 Å². The zero-order valence-corrected chi connectivity index (χ0v) is 19.1. The second-order valence-electron chi connectivity index (χ2n) is 7.23. The summed E-state index contributed by atoms with van der Waals surface area (Å²) in [5.41, 5.74) is 2.77. The highest BCUT2D eigenvalue weighted by Crippen LogP contribution is 2.30. The molecule has 0 aliphatic rings. The lowest BCUT2D eigenvalue weighted by Crippen LogP contribution is -2.03. The molecule has 0 bridgehead atoms. The Morgan fingerprint density at radius 2 is 1.81 bits per heavy atom. The predicted molar refractivity (Wildman–Crippen MR) is 118 cm³/mol. The van der Waals surface area contributed by atoms with E-state index in [0.717, 1.165) is 16.9 Å². The number of methoxy groups -OCH3 is 2. The number of aryl methyl sites for hydroxylation is 1. The van der Waals surface area contributed by atoms with Crippen molar-refractivity contribution in [2.24, 2.45) is 0 Å². The summed E-state index contributed by atoms with van der Waals surface area (Å²) in [6.07, 6.45) is 0. The summed E-state index contributed by atoms with van der Waals surface area (Å²) in [6, 6.07) is 11.2. The maximum Gasteiger partial charge on any atom is 0.277 e. The first-order valence-corrected chi connectivity index (χ1v) is 10.8. The summed E-state index contributed by atoms with van der Waals surface area (Å²) in [5.74, 6) is 2.67. The van der Waals surface area contributed by atoms with Gasteiger partial charge in [-0.2, -0.15) is 0 Å². The fraction of sp³-hybridized carbons (Fsp3) is 0.348. The van der Waals surface area contributed by atoms with Crippen molar-refractivity contribution in [1.82, 2.24) is 10.2 Å². The monoisotopic (exact) mass is 442 g/mol. The summed E-state index contributed by atoms with van der Waals surface area (Å²) in [4.78, 5) is 12.5. The third-order valence-corrected chi connectivity index (χ3v) is 5.44. The van der Waals surface area contributed by atoms with Gasteiger partial charge in [0, 0.05) is 5.56 Å². The zero-order valence-electron chi connectivity index (χ0n) is 18.3. The van der Waals surface area contributed by atoms with Crippen LogP contribution in [0.3, 0.4) is 0 Å². The molecule has 164 valence electrons. The zero-order chi connectivity index (χ0) is 22.4. The molecule has 8 heteroatoms. The quantitative estimate of drug-likeness (QED) is 0.318. The molecule has 0 saturated heterocycles. The summed E-state index contributed by atoms with van der Waals surface area (Å²) in [6.45, 7) is 6.43. The lowest BCUT2D eigenvalue weighted by molar-refractivity contribution is 0.102. The SMILES string of the molecule is COc1ccc(C(=O)CSc2nnc(COc3cc(C)ccc3C(C)C)o2)cc1OC. The molecule has 0 spiro atoms. The lowest BCUT2D eigenvalue weighted by atomic mass is 10.0. The van der Waals surface area contributed by atoms with Crippen molar-refractivity contribution in [3.63, 3.8) is 0 Å². The van der Waals surface area contributed by atoms with Crippen LogP contribution in [0.1, 0.15) is 47.1 Å². The van der Waals surface area contributed by atoms with Crippen LogP contribution in [-0.2, 0) is 6.61 Å². The van der Waals surface area contributed by atoms with E-state index in [9.17, 15) is 4.79 Å². The van der Waals surface area contributed by atoms with E-state index < -0.39 is 0 Å². The van der Waals surface area contributed by atoms with E-state index in [0.29, 0.717) is 34.1 Å². The standard InChI is InChI=1S/C23H26N2O5S/c1-14(2)17-8-6-15(3)10-20(17)29-12-22-24-25-23(30-22)31-13-18(26)16-7-9-19(27-4)21(11-16)28-5/h6-11,14H,12-13H2,1-5H3. The summed E-state index contributed by atoms with van der Waals surface area (Å²) >= 11 is 1.18. The van der Waals surface area contributed by atoms with Crippen molar-refractivity contribution >= 4 is 17.5 Å². The van der Waals surface area contributed by atoms with Crippen LogP contribution in [0.4, 0.5) is 0 Å². The highest BCUT2D eigenvalue weighted by Gasteiger charge is 2.15. The molecule has 0 aliphatic heterocycles. The van der Waals surface area contributed by atoms with E-state index in [4.69, 9.17) is 18.6 Å². The molecule has 3 rings (SSSR count). The minimum absolute atomic E-state index is 0.0803. The van der Waals surface area contributed by atoms with E-state index in [1.165, 1.54) is 18.9 Å². The van der Waals surface area contributed by atoms with Gasteiger partial charge in [0.1, 0.15) is 5.75 Å². The minimum atomic E-state index is -0.0803. The molecule has 2 aromatic carbocycles. The molecule has 0 amide bonds. The van der Waals surface area contributed by atoms with Gasteiger partial charge in [-0.15, -0.1) is 10.2 Å². The molecule has 0 N–H and O–H groups in total. The van der Waals surface area contributed by atoms with Gasteiger partial charge in [-0.1, -0.05) is 37.7 Å². The number of rotatable bonds is 10. The molecule has 0 atom stereocenters. The Kier molecular flexibility index (Phi) is 7.57. The number of ketones is 1. The molecule has 1 heterocycles. The number of hydrogen-bond donors (Lipinski definition) is 0. The summed E-state index contributed by atoms with van der Waals surface area (Å²) in [7, 11) is 3.08. The van der Waals surface area contributed by atoms with Gasteiger partial charge < -0.3 is 18.6 Å². The molecule has 0 unspecified atom stereocenters. The normalized spacial score (nSPS) is 10.9. The highest BCUT2D eigenvalue weighted by atomic mass is 32.2. The number of thioether (sulfide) groups is 1. The van der Waals surface area contributed by atoms with Gasteiger partial charge in [0.25, 0.3) is 11.1 Å². The van der Waals surface area contributed by atoms with Crippen LogP contribution >= 0.6 is 11.8 Å². The van der Waals surface area contributed by atoms with Crippen molar-refractivity contribution in [2.45, 2.75) is 38.5 Å². The molecule has 0 saturated carbocycles. The number of aromatic nitrogens is 2. The first-order valence-electron chi connectivity index (χ1n) is 9.85. The fourth-order valence-electron chi connectivity index (χ4n) is 2.96. The van der Waals surface area contributed by atoms with Gasteiger partial charge >= 0.3 is 0 Å². The number of benzene rings is 2. The number of Topliss-reactive ketones (excluding diaryl/α,β-unsaturated/α-hetero) is 1. The van der Waals surface area contributed by atoms with Gasteiger partial charge in [-0.3, -0.25) is 4.79 Å². The second kappa shape index (κ2) is 10.3. The third kappa shape index (κ3) is 5.79. The predicted octanol–water partition coefficient (Wildman–Crippen LogP) is 5.07. The molecular formula is C23H26N2O5S. The van der Waals surface area contributed by atoms with Crippen LogP contribution < -0.4 is 14.2 Å². The van der Waals surface area contributed by atoms with Crippen molar-refractivity contribution in [3.05, 3.63) is 59.0 Å². The number of ether oxygens (including phenoxy) is 3. The molecule has 7 nitrogen and oxygen atoms in total. The molecule has 0 radical (unpaired) electrons. The Bertz CT molecular complexity index is 1050. The van der Waals surface area contributed by atoms with Gasteiger partial charge in [0.05, 0.1) is 20.0 Å². The molecule has 1 aromatic heterocycles. The number of carbonyl (C=O) groups is 1. The number of carbonyl (C=O) groups excluding carboxylic acids is 1. The second-order valence-corrected chi connectivity index (χ2v) is 8.15. The Morgan fingerprint density at radius 1 is 1.03 bits per heavy atom. The average molecular weight is 443 g/mol. The minimum Gasteiger partial charge on any atom is -0.493 e. The first-order chi connectivity index (χ1) is 14.9. The maximum atomic E-state index is 12.5. The van der Waals surface area contributed by atoms with E-state index in [1.54, 1.807) is 25.3 Å². The molecule has 3 aromatic rings. The highest BCUT2D eigenvalue weighted by molar-refractivity contribution is 7.99. The van der Waals surface area contributed by atoms with E-state index in [2.05, 4.69) is 36.2 Å². The number of hydrogen-bond acceptors (Lipinski definition) is 8. The summed E-state index contributed by atoms with van der Waals surface area (Å²) in [5, 5.41) is 8.34. The lowest BCUT2D eigenvalue weighted by Gasteiger charge is -2.13. The molecule has 0 fully saturated rings. The van der Waals surface area contributed by atoms with E-state index in [1.807, 2.05) is 13.0 Å². The topological polar surface area (TPSA) is 83.7 Å². The van der Waals surface area contributed by atoms with Crippen molar-refractivity contribution < 1.29 is 23.4 Å². The van der Waals surface area contributed by atoms with Crippen molar-refractivity contribution in [1.29, 1.82) is 0 Å². The largest absolute Gasteiger partial charge is 0.493 e. The van der Waals surface area contributed by atoms with Crippen LogP contribution in [0.25, 0.3) is 0 Å². The van der Waals surface area contributed by atoms with E-state index in [-0.39, 0.29) is 18.1 Å². The first kappa shape index (κ1) is 22.7. The Hall–Kier alpha value is -3.00. The van der Waals surface area contributed by atoms with Crippen molar-refractivity contribution in [2.75, 3.05) is 20.0 Å². The number of nitrogens with zero attached hydrogens (tertiary/aromatic N) is 2. The van der Waals surface area contributed by atoms with Crippen LogP contribution in [0.5, 0.6) is 17.2 Å². The van der Waals surface area contributed by atoms with Crippen molar-refractivity contribution in [3.8, 4) is 17.2 Å². The van der Waals surface area contributed by atoms with Crippen LogP contribution in [0.2, 0.25) is 0 Å². The maximum absolute atomic E-state index is 12.5. The van der Waals surface area contributed by atoms with Crippen LogP contribution in [-0.4, -0.2) is 36.0 Å². The van der Waals surface area contributed by atoms with Crippen LogP contribution in [0, 0.1) is 6.92 Å². The fourth-order valence-corrected chi connectivity index (χ4v) is 3.63. The smallest absolute Gasteiger partial charge is 0.277 e. The molecular weight excluding hydrogens is 416 g/mol. The molecule has 0 aliphatic carbocycles. The Balaban J connectivity index is 1.58. The Labute approximate surface area is 186 Å². The van der Waals surface area contributed by atoms with Gasteiger partial charge in [-0.25, -0.2) is 0 Å². The third-order valence-electron chi connectivity index (χ3n) is 4.62. The average Bonchev–Trinajstić information content (AvgIpc) is 3.23. The van der Waals surface area contributed by atoms with Gasteiger partial charge in [0.15, 0.2) is 23.9 Å². The van der Waals surface area contributed by atoms with Gasteiger partial charge in [0.2, 0.25) is 0 Å². The van der Waals surface area contributed by atoms with Crippen LogP contribution in [0.15, 0.2) is 46.0 Å².